The Morgan fingerprint density at radius 3 is 2.70 bits per heavy atom. The third-order valence-corrected chi connectivity index (χ3v) is 7.32. The highest BCUT2D eigenvalue weighted by Crippen LogP contribution is 2.33. The summed E-state index contributed by atoms with van der Waals surface area (Å²) in [7, 11) is -1.90. The standard InChI is InChI=1S/C22H22N4O3S/c1-25-14-22(23-15-25)30(27,28)26-12-19(16-5-3-2-4-6-16)20(13-26)24-18-7-8-21-17(11-18)9-10-29-21/h2-11,14-15,19-20,24H,12-13H2,1H3. The number of benzene rings is 2. The van der Waals surface area contributed by atoms with E-state index >= 15 is 0 Å². The van der Waals surface area contributed by atoms with E-state index in [1.807, 2.05) is 42.5 Å². The highest BCUT2D eigenvalue weighted by atomic mass is 32.2. The lowest BCUT2D eigenvalue weighted by atomic mass is 9.94. The average Bonchev–Trinajstić information content (AvgIpc) is 3.48. The van der Waals surface area contributed by atoms with E-state index in [0.29, 0.717) is 13.1 Å². The van der Waals surface area contributed by atoms with Crippen molar-refractivity contribution in [3.05, 3.63) is 78.9 Å². The number of rotatable bonds is 5. The Kier molecular flexibility index (Phi) is 4.60. The third kappa shape index (κ3) is 3.38. The lowest BCUT2D eigenvalue weighted by Gasteiger charge is -2.21. The normalized spacial score (nSPS) is 20.0. The molecule has 7 nitrogen and oxygen atoms in total. The molecule has 2 unspecified atom stereocenters. The number of imidazole rings is 1. The van der Waals surface area contributed by atoms with E-state index in [9.17, 15) is 8.42 Å². The Balaban J connectivity index is 1.47. The second-order valence-electron chi connectivity index (χ2n) is 7.64. The molecule has 1 aliphatic heterocycles. The fourth-order valence-electron chi connectivity index (χ4n) is 4.07. The second-order valence-corrected chi connectivity index (χ2v) is 9.53. The van der Waals surface area contributed by atoms with Gasteiger partial charge in [0.1, 0.15) is 5.58 Å². The van der Waals surface area contributed by atoms with Gasteiger partial charge in [-0.05, 0) is 29.8 Å². The summed E-state index contributed by atoms with van der Waals surface area (Å²) in [4.78, 5) is 4.07. The van der Waals surface area contributed by atoms with Crippen LogP contribution in [0.1, 0.15) is 11.5 Å². The maximum absolute atomic E-state index is 13.2. The summed E-state index contributed by atoms with van der Waals surface area (Å²) in [5.41, 5.74) is 2.87. The van der Waals surface area contributed by atoms with Crippen LogP contribution in [0.3, 0.4) is 0 Å². The first-order valence-corrected chi connectivity index (χ1v) is 11.2. The van der Waals surface area contributed by atoms with Crippen LogP contribution in [-0.4, -0.2) is 41.4 Å². The smallest absolute Gasteiger partial charge is 0.262 e. The number of fused-ring (bicyclic) bond motifs is 1. The number of furan rings is 1. The van der Waals surface area contributed by atoms with Crippen LogP contribution in [0.2, 0.25) is 0 Å². The molecular weight excluding hydrogens is 400 g/mol. The van der Waals surface area contributed by atoms with Gasteiger partial charge in [0.05, 0.1) is 12.6 Å². The zero-order valence-corrected chi connectivity index (χ0v) is 17.3. The fourth-order valence-corrected chi connectivity index (χ4v) is 5.53. The Labute approximate surface area is 175 Å². The van der Waals surface area contributed by atoms with Crippen molar-refractivity contribution in [2.24, 2.45) is 7.05 Å². The molecule has 0 amide bonds. The summed E-state index contributed by atoms with van der Waals surface area (Å²) in [5, 5.41) is 4.64. The number of hydrogen-bond donors (Lipinski definition) is 1. The first-order chi connectivity index (χ1) is 14.5. The number of aromatic nitrogens is 2. The highest BCUT2D eigenvalue weighted by Gasteiger charge is 2.41. The minimum atomic E-state index is -3.66. The second kappa shape index (κ2) is 7.30. The number of sulfonamides is 1. The summed E-state index contributed by atoms with van der Waals surface area (Å²) < 4.78 is 34.9. The summed E-state index contributed by atoms with van der Waals surface area (Å²) in [5.74, 6) is 0.0183. The molecule has 0 radical (unpaired) electrons. The predicted molar refractivity (Wildman–Crippen MR) is 115 cm³/mol. The third-order valence-electron chi connectivity index (χ3n) is 5.60. The molecule has 154 valence electrons. The minimum Gasteiger partial charge on any atom is -0.464 e. The molecule has 30 heavy (non-hydrogen) atoms. The molecule has 1 saturated heterocycles. The van der Waals surface area contributed by atoms with Crippen molar-refractivity contribution in [3.8, 4) is 0 Å². The van der Waals surface area contributed by atoms with Crippen LogP contribution in [0, 0.1) is 0 Å². The van der Waals surface area contributed by atoms with Gasteiger partial charge in [0.25, 0.3) is 10.0 Å². The fraction of sp³-hybridized carbons (Fsp3) is 0.227. The van der Waals surface area contributed by atoms with Gasteiger partial charge in [-0.25, -0.2) is 13.4 Å². The van der Waals surface area contributed by atoms with Gasteiger partial charge in [-0.3, -0.25) is 0 Å². The number of hydrogen-bond acceptors (Lipinski definition) is 5. The van der Waals surface area contributed by atoms with Crippen molar-refractivity contribution in [2.45, 2.75) is 17.0 Å². The van der Waals surface area contributed by atoms with Gasteiger partial charge in [0, 0.05) is 49.4 Å². The summed E-state index contributed by atoms with van der Waals surface area (Å²) in [6.45, 7) is 0.760. The van der Waals surface area contributed by atoms with Crippen LogP contribution >= 0.6 is 0 Å². The van der Waals surface area contributed by atoms with Crippen LogP contribution in [0.15, 0.2) is 82.8 Å². The summed E-state index contributed by atoms with van der Waals surface area (Å²) in [6.07, 6.45) is 4.71. The molecule has 3 heterocycles. The first kappa shape index (κ1) is 18.9. The molecule has 4 aromatic rings. The van der Waals surface area contributed by atoms with E-state index in [4.69, 9.17) is 4.42 Å². The van der Waals surface area contributed by atoms with Gasteiger partial charge in [-0.1, -0.05) is 30.3 Å². The number of anilines is 1. The van der Waals surface area contributed by atoms with Crippen molar-refractivity contribution >= 4 is 26.7 Å². The quantitative estimate of drug-likeness (QED) is 0.533. The molecule has 8 heteroatoms. The van der Waals surface area contributed by atoms with Crippen molar-refractivity contribution in [2.75, 3.05) is 18.4 Å². The first-order valence-electron chi connectivity index (χ1n) is 9.77. The molecule has 0 saturated carbocycles. The molecule has 0 bridgehead atoms. The number of nitrogens with zero attached hydrogens (tertiary/aromatic N) is 3. The molecule has 0 aliphatic carbocycles. The maximum atomic E-state index is 13.2. The molecule has 1 fully saturated rings. The van der Waals surface area contributed by atoms with Crippen molar-refractivity contribution in [1.29, 1.82) is 0 Å². The van der Waals surface area contributed by atoms with Gasteiger partial charge >= 0.3 is 0 Å². The van der Waals surface area contributed by atoms with Crippen LogP contribution < -0.4 is 5.32 Å². The van der Waals surface area contributed by atoms with Gasteiger partial charge in [0.2, 0.25) is 0 Å². The molecule has 2 aromatic heterocycles. The number of nitrogens with one attached hydrogen (secondary N) is 1. The Morgan fingerprint density at radius 2 is 1.93 bits per heavy atom. The molecule has 2 atom stereocenters. The SMILES string of the molecule is Cn1cnc(S(=O)(=O)N2CC(Nc3ccc4occc4c3)C(c3ccccc3)C2)c1. The molecule has 5 rings (SSSR count). The van der Waals surface area contributed by atoms with E-state index in [0.717, 1.165) is 22.2 Å². The molecule has 1 N–H and O–H groups in total. The van der Waals surface area contributed by atoms with E-state index in [1.165, 1.54) is 10.6 Å². The Bertz CT molecular complexity index is 1280. The van der Waals surface area contributed by atoms with E-state index in [-0.39, 0.29) is 17.0 Å². The molecule has 2 aromatic carbocycles. The summed E-state index contributed by atoms with van der Waals surface area (Å²) >= 11 is 0. The lowest BCUT2D eigenvalue weighted by molar-refractivity contribution is 0.468. The van der Waals surface area contributed by atoms with E-state index in [2.05, 4.69) is 22.4 Å². The Morgan fingerprint density at radius 1 is 1.10 bits per heavy atom. The largest absolute Gasteiger partial charge is 0.464 e. The van der Waals surface area contributed by atoms with Crippen molar-refractivity contribution < 1.29 is 12.8 Å². The van der Waals surface area contributed by atoms with E-state index in [1.54, 1.807) is 24.1 Å². The Hall–Kier alpha value is -3.10. The number of aryl methyl sites for hydroxylation is 1. The van der Waals surface area contributed by atoms with Gasteiger partial charge in [-0.2, -0.15) is 4.31 Å². The maximum Gasteiger partial charge on any atom is 0.262 e. The van der Waals surface area contributed by atoms with Crippen LogP contribution in [0.5, 0.6) is 0 Å². The topological polar surface area (TPSA) is 80.4 Å². The molecule has 0 spiro atoms. The van der Waals surface area contributed by atoms with Crippen LogP contribution in [0.4, 0.5) is 5.69 Å². The monoisotopic (exact) mass is 422 g/mol. The lowest BCUT2D eigenvalue weighted by Crippen LogP contribution is -2.32. The van der Waals surface area contributed by atoms with Crippen LogP contribution in [0.25, 0.3) is 11.0 Å². The van der Waals surface area contributed by atoms with Gasteiger partial charge in [-0.15, -0.1) is 0 Å². The van der Waals surface area contributed by atoms with Crippen LogP contribution in [-0.2, 0) is 17.1 Å². The molecule has 1 aliphatic rings. The van der Waals surface area contributed by atoms with Gasteiger partial charge < -0.3 is 14.3 Å². The minimum absolute atomic E-state index is 0.0183. The zero-order valence-electron chi connectivity index (χ0n) is 16.5. The average molecular weight is 423 g/mol. The van der Waals surface area contributed by atoms with Crippen molar-refractivity contribution in [1.82, 2.24) is 13.9 Å². The predicted octanol–water partition coefficient (Wildman–Crippen LogP) is 3.44. The highest BCUT2D eigenvalue weighted by molar-refractivity contribution is 7.89. The van der Waals surface area contributed by atoms with E-state index < -0.39 is 10.0 Å². The van der Waals surface area contributed by atoms with Gasteiger partial charge in [0.15, 0.2) is 5.03 Å². The molecular formula is C22H22N4O3S. The summed E-state index contributed by atoms with van der Waals surface area (Å²) in [6, 6.07) is 17.8. The van der Waals surface area contributed by atoms with Crippen molar-refractivity contribution in [3.63, 3.8) is 0 Å². The zero-order chi connectivity index (χ0) is 20.7.